The largest absolute Gasteiger partial charge is 0.508 e. The van der Waals surface area contributed by atoms with Gasteiger partial charge in [0, 0.05) is 15.7 Å². The van der Waals surface area contributed by atoms with Crippen molar-refractivity contribution in [1.82, 2.24) is 0 Å². The Morgan fingerprint density at radius 1 is 1.14 bits per heavy atom. The summed E-state index contributed by atoms with van der Waals surface area (Å²) in [4.78, 5) is 23.2. The van der Waals surface area contributed by atoms with E-state index in [2.05, 4.69) is 21.2 Å². The molecule has 6 heteroatoms. The molecule has 0 unspecified atom stereocenters. The zero-order chi connectivity index (χ0) is 15.6. The molecule has 2 aromatic rings. The van der Waals surface area contributed by atoms with Gasteiger partial charge in [-0.2, -0.15) is 0 Å². The van der Waals surface area contributed by atoms with Gasteiger partial charge in [0.1, 0.15) is 5.75 Å². The lowest BCUT2D eigenvalue weighted by Gasteiger charge is -2.09. The van der Waals surface area contributed by atoms with Crippen molar-refractivity contribution in [3.05, 3.63) is 57.6 Å². The van der Waals surface area contributed by atoms with Gasteiger partial charge in [-0.1, -0.05) is 15.9 Å². The topological polar surface area (TPSA) is 86.6 Å². The third-order valence-corrected chi connectivity index (χ3v) is 3.32. The first-order valence-corrected chi connectivity index (χ1v) is 6.81. The number of amides is 1. The van der Waals surface area contributed by atoms with Crippen molar-refractivity contribution in [2.24, 2.45) is 0 Å². The van der Waals surface area contributed by atoms with Gasteiger partial charge in [-0.15, -0.1) is 0 Å². The minimum Gasteiger partial charge on any atom is -0.508 e. The number of rotatable bonds is 3. The number of aromatic carboxylic acids is 1. The minimum absolute atomic E-state index is 0.0714. The predicted octanol–water partition coefficient (Wildman–Crippen LogP) is 3.41. The summed E-state index contributed by atoms with van der Waals surface area (Å²) < 4.78 is 0.556. The first-order chi connectivity index (χ1) is 9.86. The fourth-order valence-electron chi connectivity index (χ4n) is 1.89. The van der Waals surface area contributed by atoms with Crippen LogP contribution in [0.5, 0.6) is 5.75 Å². The van der Waals surface area contributed by atoms with E-state index in [0.717, 1.165) is 0 Å². The van der Waals surface area contributed by atoms with E-state index in [0.29, 0.717) is 21.3 Å². The molecule has 2 rings (SSSR count). The predicted molar refractivity (Wildman–Crippen MR) is 81.9 cm³/mol. The van der Waals surface area contributed by atoms with Gasteiger partial charge in [-0.05, 0) is 48.9 Å². The molecule has 108 valence electrons. The molecule has 0 heterocycles. The van der Waals surface area contributed by atoms with Gasteiger partial charge in [-0.3, -0.25) is 4.79 Å². The van der Waals surface area contributed by atoms with Gasteiger partial charge in [0.2, 0.25) is 0 Å². The summed E-state index contributed by atoms with van der Waals surface area (Å²) in [6.45, 7) is 1.71. The maximum Gasteiger partial charge on any atom is 0.335 e. The Labute approximate surface area is 129 Å². The molecular weight excluding hydrogens is 338 g/mol. The zero-order valence-corrected chi connectivity index (χ0v) is 12.6. The molecule has 0 aromatic heterocycles. The lowest BCUT2D eigenvalue weighted by molar-refractivity contribution is 0.0696. The smallest absolute Gasteiger partial charge is 0.335 e. The standard InChI is InChI=1S/C15H12BrNO4/c1-8-4-12(18)2-3-13(8)14(19)17-11-6-9(15(20)21)5-10(16)7-11/h2-7,18H,1H3,(H,17,19)(H,20,21). The SMILES string of the molecule is Cc1cc(O)ccc1C(=O)Nc1cc(Br)cc(C(=O)O)c1. The number of nitrogens with one attached hydrogen (secondary N) is 1. The second kappa shape index (κ2) is 5.97. The molecule has 0 aliphatic carbocycles. The number of benzene rings is 2. The fraction of sp³-hybridized carbons (Fsp3) is 0.0667. The highest BCUT2D eigenvalue weighted by molar-refractivity contribution is 9.10. The molecule has 21 heavy (non-hydrogen) atoms. The number of halogens is 1. The highest BCUT2D eigenvalue weighted by atomic mass is 79.9. The van der Waals surface area contributed by atoms with Crippen LogP contribution in [0.1, 0.15) is 26.3 Å². The molecule has 0 spiro atoms. The molecule has 5 nitrogen and oxygen atoms in total. The number of phenolic OH excluding ortho intramolecular Hbond substituents is 1. The van der Waals surface area contributed by atoms with Gasteiger partial charge in [0.15, 0.2) is 0 Å². The quantitative estimate of drug-likeness (QED) is 0.792. The van der Waals surface area contributed by atoms with Gasteiger partial charge in [0.25, 0.3) is 5.91 Å². The molecule has 2 aromatic carbocycles. The van der Waals surface area contributed by atoms with Crippen molar-refractivity contribution in [1.29, 1.82) is 0 Å². The van der Waals surface area contributed by atoms with E-state index < -0.39 is 5.97 Å². The Morgan fingerprint density at radius 2 is 1.86 bits per heavy atom. The third-order valence-electron chi connectivity index (χ3n) is 2.86. The van der Waals surface area contributed by atoms with Crippen LogP contribution in [-0.4, -0.2) is 22.1 Å². The van der Waals surface area contributed by atoms with Crippen LogP contribution in [0.2, 0.25) is 0 Å². The molecule has 0 bridgehead atoms. The van der Waals surface area contributed by atoms with Crippen LogP contribution in [0.4, 0.5) is 5.69 Å². The Morgan fingerprint density at radius 3 is 2.48 bits per heavy atom. The van der Waals surface area contributed by atoms with Crippen molar-refractivity contribution < 1.29 is 19.8 Å². The highest BCUT2D eigenvalue weighted by Gasteiger charge is 2.12. The number of carboxylic acid groups (broad SMARTS) is 1. The van der Waals surface area contributed by atoms with E-state index in [4.69, 9.17) is 5.11 Å². The van der Waals surface area contributed by atoms with E-state index in [1.807, 2.05) is 0 Å². The Kier molecular flexibility index (Phi) is 4.28. The molecule has 0 saturated carbocycles. The van der Waals surface area contributed by atoms with Crippen LogP contribution in [0.3, 0.4) is 0 Å². The van der Waals surface area contributed by atoms with Crippen molar-refractivity contribution in [2.75, 3.05) is 5.32 Å². The summed E-state index contributed by atoms with van der Waals surface area (Å²) in [5, 5.41) is 21.0. The fourth-order valence-corrected chi connectivity index (χ4v) is 2.38. The second-order valence-electron chi connectivity index (χ2n) is 4.49. The number of aryl methyl sites for hydroxylation is 1. The first kappa shape index (κ1) is 15.1. The van der Waals surface area contributed by atoms with E-state index in [1.165, 1.54) is 30.3 Å². The maximum atomic E-state index is 12.2. The van der Waals surface area contributed by atoms with Gasteiger partial charge >= 0.3 is 5.97 Å². The summed E-state index contributed by atoms with van der Waals surface area (Å²) in [5.41, 5.74) is 1.48. The summed E-state index contributed by atoms with van der Waals surface area (Å²) in [6, 6.07) is 8.85. The number of phenols is 1. The van der Waals surface area contributed by atoms with Crippen molar-refractivity contribution >= 4 is 33.5 Å². The van der Waals surface area contributed by atoms with Crippen LogP contribution in [0.25, 0.3) is 0 Å². The lowest BCUT2D eigenvalue weighted by Crippen LogP contribution is -2.13. The molecule has 0 aliphatic heterocycles. The van der Waals surface area contributed by atoms with Crippen molar-refractivity contribution in [3.8, 4) is 5.75 Å². The zero-order valence-electron chi connectivity index (χ0n) is 11.1. The molecule has 0 atom stereocenters. The molecule has 0 saturated heterocycles. The second-order valence-corrected chi connectivity index (χ2v) is 5.40. The van der Waals surface area contributed by atoms with E-state index >= 15 is 0 Å². The molecule has 3 N–H and O–H groups in total. The number of anilines is 1. The summed E-state index contributed by atoms with van der Waals surface area (Å²) >= 11 is 3.20. The summed E-state index contributed by atoms with van der Waals surface area (Å²) in [7, 11) is 0. The lowest BCUT2D eigenvalue weighted by atomic mass is 10.1. The monoisotopic (exact) mass is 349 g/mol. The number of carboxylic acids is 1. The normalized spacial score (nSPS) is 10.2. The van der Waals surface area contributed by atoms with E-state index in [-0.39, 0.29) is 17.2 Å². The molecule has 0 fully saturated rings. The Balaban J connectivity index is 2.29. The van der Waals surface area contributed by atoms with Gasteiger partial charge in [0.05, 0.1) is 5.56 Å². The van der Waals surface area contributed by atoms with Gasteiger partial charge < -0.3 is 15.5 Å². The first-order valence-electron chi connectivity index (χ1n) is 6.01. The van der Waals surface area contributed by atoms with E-state index in [9.17, 15) is 14.7 Å². The van der Waals surface area contributed by atoms with E-state index in [1.54, 1.807) is 13.0 Å². The van der Waals surface area contributed by atoms with Crippen molar-refractivity contribution in [2.45, 2.75) is 6.92 Å². The molecular formula is C15H12BrNO4. The summed E-state index contributed by atoms with van der Waals surface area (Å²) in [6.07, 6.45) is 0. The Bertz CT molecular complexity index is 728. The van der Waals surface area contributed by atoms with Crippen molar-refractivity contribution in [3.63, 3.8) is 0 Å². The molecule has 1 amide bonds. The van der Waals surface area contributed by atoms with Crippen LogP contribution in [0.15, 0.2) is 40.9 Å². The number of hydrogen-bond donors (Lipinski definition) is 3. The number of carbonyl (C=O) groups is 2. The van der Waals surface area contributed by atoms with Crippen LogP contribution < -0.4 is 5.32 Å². The number of hydrogen-bond acceptors (Lipinski definition) is 3. The van der Waals surface area contributed by atoms with Crippen LogP contribution >= 0.6 is 15.9 Å². The minimum atomic E-state index is -1.08. The molecule has 0 aliphatic rings. The average Bonchev–Trinajstić information content (AvgIpc) is 2.37. The maximum absolute atomic E-state index is 12.2. The van der Waals surface area contributed by atoms with Crippen LogP contribution in [-0.2, 0) is 0 Å². The van der Waals surface area contributed by atoms with Crippen LogP contribution in [0, 0.1) is 6.92 Å². The molecule has 0 radical (unpaired) electrons. The average molecular weight is 350 g/mol. The number of aromatic hydroxyl groups is 1. The number of carbonyl (C=O) groups excluding carboxylic acids is 1. The highest BCUT2D eigenvalue weighted by Crippen LogP contribution is 2.22. The van der Waals surface area contributed by atoms with Gasteiger partial charge in [-0.25, -0.2) is 4.79 Å². The summed E-state index contributed by atoms with van der Waals surface area (Å²) in [5.74, 6) is -1.37. The Hall–Kier alpha value is -2.34. The third kappa shape index (κ3) is 3.61.